The van der Waals surface area contributed by atoms with Crippen molar-refractivity contribution in [3.05, 3.63) is 71.8 Å². The first kappa shape index (κ1) is 15.6. The van der Waals surface area contributed by atoms with Crippen molar-refractivity contribution in [2.24, 2.45) is 0 Å². The highest BCUT2D eigenvalue weighted by Crippen LogP contribution is 2.53. The molecule has 0 saturated carbocycles. The Hall–Kier alpha value is -1.92. The molecule has 1 aliphatic heterocycles. The molecule has 0 amide bonds. The van der Waals surface area contributed by atoms with Crippen LogP contribution in [0.1, 0.15) is 0 Å². The topological polar surface area (TPSA) is 0 Å². The maximum absolute atomic E-state index is 14.1. The molecule has 0 saturated heterocycles. The summed E-state index contributed by atoms with van der Waals surface area (Å²) in [6, 6.07) is 14.8. The molecule has 6 heteroatoms. The van der Waals surface area contributed by atoms with Crippen LogP contribution in [0.4, 0.5) is 17.6 Å². The number of hydrogen-bond donors (Lipinski definition) is 0. The summed E-state index contributed by atoms with van der Waals surface area (Å²) in [7, 11) is 0. The summed E-state index contributed by atoms with van der Waals surface area (Å²) in [5.74, 6) is -6.26. The van der Waals surface area contributed by atoms with Crippen molar-refractivity contribution in [3.63, 3.8) is 0 Å². The van der Waals surface area contributed by atoms with Crippen LogP contribution < -0.4 is 0 Å². The van der Waals surface area contributed by atoms with E-state index >= 15 is 0 Å². The molecule has 0 radical (unpaired) electrons. The van der Waals surface area contributed by atoms with Crippen LogP contribution >= 0.6 is 23.5 Å². The third-order valence-corrected chi connectivity index (χ3v) is 6.30. The van der Waals surface area contributed by atoms with Gasteiger partial charge in [0.15, 0.2) is 23.3 Å². The van der Waals surface area contributed by atoms with E-state index in [2.05, 4.69) is 0 Å². The van der Waals surface area contributed by atoms with E-state index in [1.54, 1.807) is 12.1 Å². The van der Waals surface area contributed by atoms with Gasteiger partial charge in [-0.25, -0.2) is 17.6 Å². The van der Waals surface area contributed by atoms with Gasteiger partial charge in [0.05, 0.1) is 9.79 Å². The predicted octanol–water partition coefficient (Wildman–Crippen LogP) is 6.53. The molecule has 0 atom stereocenters. The van der Waals surface area contributed by atoms with Gasteiger partial charge in [0.2, 0.25) is 0 Å². The molecule has 4 rings (SSSR count). The van der Waals surface area contributed by atoms with E-state index in [1.165, 1.54) is 0 Å². The second-order valence-corrected chi connectivity index (χ2v) is 7.19. The Morgan fingerprint density at radius 2 is 1.17 bits per heavy atom. The molecule has 3 aromatic carbocycles. The fraction of sp³-hybridized carbons (Fsp3) is 0. The van der Waals surface area contributed by atoms with Gasteiger partial charge in [-0.15, -0.1) is 0 Å². The smallest absolute Gasteiger partial charge is 0.198 e. The minimum absolute atomic E-state index is 0.214. The molecule has 120 valence electrons. The van der Waals surface area contributed by atoms with E-state index in [0.29, 0.717) is 9.79 Å². The molecule has 1 heterocycles. The Labute approximate surface area is 143 Å². The third-order valence-electron chi connectivity index (χ3n) is 3.66. The molecule has 1 aliphatic rings. The van der Waals surface area contributed by atoms with Crippen LogP contribution in [0.2, 0.25) is 0 Å². The Kier molecular flexibility index (Phi) is 3.81. The summed E-state index contributed by atoms with van der Waals surface area (Å²) in [5.41, 5.74) is 1.75. The average molecular weight is 364 g/mol. The van der Waals surface area contributed by atoms with Gasteiger partial charge >= 0.3 is 0 Å². The van der Waals surface area contributed by atoms with Gasteiger partial charge in [0.25, 0.3) is 0 Å². The van der Waals surface area contributed by atoms with Crippen molar-refractivity contribution in [3.8, 4) is 11.1 Å². The zero-order valence-electron chi connectivity index (χ0n) is 11.9. The van der Waals surface area contributed by atoms with Crippen molar-refractivity contribution in [2.45, 2.75) is 19.6 Å². The fourth-order valence-corrected chi connectivity index (χ4v) is 4.99. The minimum Gasteiger partial charge on any atom is -0.202 e. The largest absolute Gasteiger partial charge is 0.202 e. The van der Waals surface area contributed by atoms with E-state index in [9.17, 15) is 17.6 Å². The van der Waals surface area contributed by atoms with Crippen molar-refractivity contribution in [2.75, 3.05) is 0 Å². The molecular weight excluding hydrogens is 356 g/mol. The summed E-state index contributed by atoms with van der Waals surface area (Å²) in [5, 5.41) is 0. The molecule has 0 aromatic heterocycles. The quantitative estimate of drug-likeness (QED) is 0.214. The number of hydrogen-bond acceptors (Lipinski definition) is 2. The van der Waals surface area contributed by atoms with Gasteiger partial charge in [-0.05, 0) is 17.2 Å². The van der Waals surface area contributed by atoms with E-state index in [4.69, 9.17) is 0 Å². The second-order valence-electron chi connectivity index (χ2n) is 5.12. The Balaban J connectivity index is 1.92. The van der Waals surface area contributed by atoms with Gasteiger partial charge in [-0.2, -0.15) is 0 Å². The number of fused-ring (bicyclic) bond motifs is 2. The van der Waals surface area contributed by atoms with E-state index in [1.807, 2.05) is 36.4 Å². The zero-order chi connectivity index (χ0) is 16.8. The molecule has 0 fully saturated rings. The van der Waals surface area contributed by atoms with Crippen LogP contribution in [0.3, 0.4) is 0 Å². The van der Waals surface area contributed by atoms with Crippen LogP contribution in [0.15, 0.2) is 68.1 Å². The highest BCUT2D eigenvalue weighted by atomic mass is 32.2. The molecule has 0 spiro atoms. The molecule has 0 N–H and O–H groups in total. The fourth-order valence-electron chi connectivity index (χ4n) is 2.53. The summed E-state index contributed by atoms with van der Waals surface area (Å²) < 4.78 is 55.2. The van der Waals surface area contributed by atoms with Crippen LogP contribution in [0.25, 0.3) is 11.1 Å². The van der Waals surface area contributed by atoms with E-state index in [-0.39, 0.29) is 9.79 Å². The van der Waals surface area contributed by atoms with Crippen LogP contribution in [0.5, 0.6) is 0 Å². The first-order chi connectivity index (χ1) is 11.6. The van der Waals surface area contributed by atoms with Crippen LogP contribution in [-0.2, 0) is 0 Å². The normalized spacial score (nSPS) is 12.7. The molecule has 24 heavy (non-hydrogen) atoms. The van der Waals surface area contributed by atoms with Gasteiger partial charge in [0.1, 0.15) is 0 Å². The monoisotopic (exact) mass is 364 g/mol. The van der Waals surface area contributed by atoms with Gasteiger partial charge in [0, 0.05) is 9.79 Å². The Bertz CT molecular complexity index is 955. The SMILES string of the molecule is Fc1c(F)c(F)c2c(c1F)Sc1cccc(-c3ccccc3)c1S2. The number of rotatable bonds is 1. The van der Waals surface area contributed by atoms with E-state index < -0.39 is 23.3 Å². The lowest BCUT2D eigenvalue weighted by atomic mass is 10.1. The zero-order valence-corrected chi connectivity index (χ0v) is 13.6. The molecule has 0 bridgehead atoms. The van der Waals surface area contributed by atoms with Crippen LogP contribution in [-0.4, -0.2) is 0 Å². The first-order valence-corrected chi connectivity index (χ1v) is 8.61. The summed E-state index contributed by atoms with van der Waals surface area (Å²) in [6.45, 7) is 0. The van der Waals surface area contributed by atoms with Crippen molar-refractivity contribution < 1.29 is 17.6 Å². The lowest BCUT2D eigenvalue weighted by Crippen LogP contribution is -2.04. The van der Waals surface area contributed by atoms with Crippen molar-refractivity contribution in [1.82, 2.24) is 0 Å². The molecule has 0 nitrogen and oxygen atoms in total. The lowest BCUT2D eigenvalue weighted by Gasteiger charge is -2.22. The molecule has 3 aromatic rings. The highest BCUT2D eigenvalue weighted by molar-refractivity contribution is 8.05. The van der Waals surface area contributed by atoms with Gasteiger partial charge < -0.3 is 0 Å². The molecule has 0 aliphatic carbocycles. The van der Waals surface area contributed by atoms with Gasteiger partial charge in [-0.1, -0.05) is 66.0 Å². The highest BCUT2D eigenvalue weighted by Gasteiger charge is 2.31. The third kappa shape index (κ3) is 2.32. The standard InChI is InChI=1S/C18H8F4S2/c19-12-13(20)15(22)18-17(14(12)21)23-11-8-4-7-10(16(11)24-18)9-5-2-1-3-6-9/h1-8H. The van der Waals surface area contributed by atoms with Gasteiger partial charge in [-0.3, -0.25) is 0 Å². The predicted molar refractivity (Wildman–Crippen MR) is 86.4 cm³/mol. The summed E-state index contributed by atoms with van der Waals surface area (Å²) >= 11 is 1.84. The number of benzene rings is 3. The Morgan fingerprint density at radius 3 is 1.83 bits per heavy atom. The first-order valence-electron chi connectivity index (χ1n) is 6.98. The average Bonchev–Trinajstić information content (AvgIpc) is 2.63. The minimum atomic E-state index is -1.78. The molecule has 0 unspecified atom stereocenters. The second kappa shape index (κ2) is 5.86. The molecular formula is C18H8F4S2. The van der Waals surface area contributed by atoms with Crippen molar-refractivity contribution in [1.29, 1.82) is 0 Å². The summed E-state index contributed by atoms with van der Waals surface area (Å²) in [6.07, 6.45) is 0. The maximum Gasteiger partial charge on any atom is 0.198 e. The van der Waals surface area contributed by atoms with E-state index in [0.717, 1.165) is 34.7 Å². The Morgan fingerprint density at radius 1 is 0.542 bits per heavy atom. The maximum atomic E-state index is 14.1. The number of halogens is 4. The summed E-state index contributed by atoms with van der Waals surface area (Å²) in [4.78, 5) is 0.949. The lowest BCUT2D eigenvalue weighted by molar-refractivity contribution is 0.384. The van der Waals surface area contributed by atoms with Crippen molar-refractivity contribution >= 4 is 23.5 Å². The van der Waals surface area contributed by atoms with Crippen LogP contribution in [0, 0.1) is 23.3 Å².